The van der Waals surface area contributed by atoms with Gasteiger partial charge < -0.3 is 9.84 Å². The molecule has 1 saturated heterocycles. The third-order valence-electron chi connectivity index (χ3n) is 2.11. The summed E-state index contributed by atoms with van der Waals surface area (Å²) < 4.78 is 5.01. The zero-order valence-electron chi connectivity index (χ0n) is 7.43. The Morgan fingerprint density at radius 1 is 1.85 bits per heavy atom. The van der Waals surface area contributed by atoms with Gasteiger partial charge in [0.15, 0.2) is 6.10 Å². The van der Waals surface area contributed by atoms with E-state index in [0.29, 0.717) is 19.7 Å². The molecular weight excluding hydrogens is 172 g/mol. The lowest BCUT2D eigenvalue weighted by Gasteiger charge is -2.32. The van der Waals surface area contributed by atoms with Crippen LogP contribution < -0.4 is 0 Å². The second-order valence-electron chi connectivity index (χ2n) is 3.00. The second-order valence-corrected chi connectivity index (χ2v) is 3.00. The molecule has 1 fully saturated rings. The molecule has 1 N–H and O–H groups in total. The van der Waals surface area contributed by atoms with Gasteiger partial charge in [0, 0.05) is 13.1 Å². The Balaban J connectivity index is 2.52. The highest BCUT2D eigenvalue weighted by molar-refractivity contribution is 5.72. The summed E-state index contributed by atoms with van der Waals surface area (Å²) in [5, 5.41) is 17.3. The number of hydrogen-bond acceptors (Lipinski definition) is 4. The molecule has 0 spiro atoms. The van der Waals surface area contributed by atoms with Crippen LogP contribution in [0.1, 0.15) is 6.92 Å². The van der Waals surface area contributed by atoms with Gasteiger partial charge in [-0.05, 0) is 6.92 Å². The van der Waals surface area contributed by atoms with Crippen molar-refractivity contribution in [3.63, 3.8) is 0 Å². The molecule has 13 heavy (non-hydrogen) atoms. The predicted molar refractivity (Wildman–Crippen MR) is 44.0 cm³/mol. The maximum absolute atomic E-state index is 10.6. The highest BCUT2D eigenvalue weighted by Gasteiger charge is 2.28. The lowest BCUT2D eigenvalue weighted by molar-refractivity contribution is -0.156. The molecule has 72 valence electrons. The fourth-order valence-corrected chi connectivity index (χ4v) is 1.25. The minimum Gasteiger partial charge on any atom is -0.479 e. The van der Waals surface area contributed by atoms with Crippen LogP contribution in [-0.4, -0.2) is 47.8 Å². The van der Waals surface area contributed by atoms with Crippen LogP contribution in [0, 0.1) is 11.3 Å². The van der Waals surface area contributed by atoms with Gasteiger partial charge in [-0.2, -0.15) is 5.26 Å². The van der Waals surface area contributed by atoms with Crippen molar-refractivity contribution in [3.05, 3.63) is 0 Å². The number of nitrogens with zero attached hydrogens (tertiary/aromatic N) is 2. The van der Waals surface area contributed by atoms with E-state index in [1.807, 2.05) is 4.90 Å². The molecular formula is C8H12N2O3. The molecule has 0 aromatic carbocycles. The van der Waals surface area contributed by atoms with E-state index in [4.69, 9.17) is 15.1 Å². The maximum atomic E-state index is 10.6. The lowest BCUT2D eigenvalue weighted by atomic mass is 10.2. The van der Waals surface area contributed by atoms with E-state index in [9.17, 15) is 4.79 Å². The van der Waals surface area contributed by atoms with Crippen LogP contribution in [0.3, 0.4) is 0 Å². The number of carboxylic acid groups (broad SMARTS) is 1. The molecule has 2 atom stereocenters. The molecule has 0 bridgehead atoms. The number of carboxylic acids is 1. The van der Waals surface area contributed by atoms with E-state index in [1.54, 1.807) is 6.92 Å². The van der Waals surface area contributed by atoms with Crippen LogP contribution in [0.2, 0.25) is 0 Å². The normalized spacial score (nSPS) is 26.3. The molecule has 0 radical (unpaired) electrons. The van der Waals surface area contributed by atoms with Gasteiger partial charge in [0.2, 0.25) is 0 Å². The Kier molecular flexibility index (Phi) is 3.23. The van der Waals surface area contributed by atoms with E-state index in [-0.39, 0.29) is 6.04 Å². The standard InChI is InChI=1S/C8H12N2O3/c1-6(4-9)10-2-3-13-7(5-10)8(11)12/h6-7H,2-3,5H2,1H3,(H,11,12). The van der Waals surface area contributed by atoms with Crippen LogP contribution in [-0.2, 0) is 9.53 Å². The first-order valence-electron chi connectivity index (χ1n) is 4.13. The van der Waals surface area contributed by atoms with Crippen molar-refractivity contribution in [2.24, 2.45) is 0 Å². The molecule has 0 aromatic heterocycles. The summed E-state index contributed by atoms with van der Waals surface area (Å²) in [5.74, 6) is -0.963. The van der Waals surface area contributed by atoms with Gasteiger partial charge in [-0.15, -0.1) is 0 Å². The zero-order chi connectivity index (χ0) is 9.84. The SMILES string of the molecule is CC(C#N)N1CCOC(C(=O)O)C1. The molecule has 5 nitrogen and oxygen atoms in total. The van der Waals surface area contributed by atoms with Crippen molar-refractivity contribution in [1.29, 1.82) is 5.26 Å². The van der Waals surface area contributed by atoms with E-state index in [1.165, 1.54) is 0 Å². The first kappa shape index (κ1) is 9.96. The molecule has 5 heteroatoms. The molecule has 1 heterocycles. The quantitative estimate of drug-likeness (QED) is 0.637. The highest BCUT2D eigenvalue weighted by atomic mass is 16.5. The third kappa shape index (κ3) is 2.41. The number of morpholine rings is 1. The maximum Gasteiger partial charge on any atom is 0.334 e. The lowest BCUT2D eigenvalue weighted by Crippen LogP contribution is -2.49. The molecule has 0 saturated carbocycles. The summed E-state index contributed by atoms with van der Waals surface area (Å²) in [5.41, 5.74) is 0. The minimum absolute atomic E-state index is 0.245. The molecule has 1 rings (SSSR count). The second kappa shape index (κ2) is 4.21. The first-order valence-corrected chi connectivity index (χ1v) is 4.13. The molecule has 1 aliphatic rings. The van der Waals surface area contributed by atoms with E-state index >= 15 is 0 Å². The van der Waals surface area contributed by atoms with Crippen LogP contribution in [0.25, 0.3) is 0 Å². The third-order valence-corrected chi connectivity index (χ3v) is 2.11. The Labute approximate surface area is 76.5 Å². The van der Waals surface area contributed by atoms with Crippen molar-refractivity contribution in [1.82, 2.24) is 4.90 Å². The van der Waals surface area contributed by atoms with Gasteiger partial charge in [-0.1, -0.05) is 0 Å². The number of aliphatic carboxylic acids is 1. The van der Waals surface area contributed by atoms with Gasteiger partial charge in [-0.3, -0.25) is 4.90 Å². The van der Waals surface area contributed by atoms with Crippen LogP contribution in [0.15, 0.2) is 0 Å². The highest BCUT2D eigenvalue weighted by Crippen LogP contribution is 2.08. The Morgan fingerprint density at radius 3 is 3.08 bits per heavy atom. The van der Waals surface area contributed by atoms with Crippen molar-refractivity contribution < 1.29 is 14.6 Å². The van der Waals surface area contributed by atoms with E-state index in [2.05, 4.69) is 6.07 Å². The summed E-state index contributed by atoms with van der Waals surface area (Å²) >= 11 is 0. The minimum atomic E-state index is -0.963. The van der Waals surface area contributed by atoms with E-state index < -0.39 is 12.1 Å². The van der Waals surface area contributed by atoms with Crippen molar-refractivity contribution >= 4 is 5.97 Å². The topological polar surface area (TPSA) is 73.6 Å². The number of ether oxygens (including phenoxy) is 1. The number of carbonyl (C=O) groups is 1. The molecule has 1 aliphatic heterocycles. The number of rotatable bonds is 2. The summed E-state index contributed by atoms with van der Waals surface area (Å²) in [6.45, 7) is 3.05. The fraction of sp³-hybridized carbons (Fsp3) is 0.750. The zero-order valence-corrected chi connectivity index (χ0v) is 7.43. The van der Waals surface area contributed by atoms with Crippen molar-refractivity contribution in [2.75, 3.05) is 19.7 Å². The molecule has 0 aromatic rings. The average molecular weight is 184 g/mol. The van der Waals surface area contributed by atoms with Gasteiger partial charge in [0.25, 0.3) is 0 Å². The average Bonchev–Trinajstić information content (AvgIpc) is 2.17. The van der Waals surface area contributed by atoms with Crippen molar-refractivity contribution in [2.45, 2.75) is 19.1 Å². The molecule has 2 unspecified atom stereocenters. The van der Waals surface area contributed by atoms with Crippen LogP contribution in [0.5, 0.6) is 0 Å². The smallest absolute Gasteiger partial charge is 0.334 e. The fourth-order valence-electron chi connectivity index (χ4n) is 1.25. The van der Waals surface area contributed by atoms with Gasteiger partial charge >= 0.3 is 5.97 Å². The van der Waals surface area contributed by atoms with E-state index in [0.717, 1.165) is 0 Å². The van der Waals surface area contributed by atoms with Crippen molar-refractivity contribution in [3.8, 4) is 6.07 Å². The summed E-state index contributed by atoms with van der Waals surface area (Å²) in [6, 6.07) is 1.83. The Bertz CT molecular complexity index is 236. The van der Waals surface area contributed by atoms with Gasteiger partial charge in [0.05, 0.1) is 18.7 Å². The van der Waals surface area contributed by atoms with Gasteiger partial charge in [0.1, 0.15) is 0 Å². The number of nitriles is 1. The monoisotopic (exact) mass is 184 g/mol. The van der Waals surface area contributed by atoms with Gasteiger partial charge in [-0.25, -0.2) is 4.79 Å². The predicted octanol–water partition coefficient (Wildman–Crippen LogP) is -0.316. The Morgan fingerprint density at radius 2 is 2.54 bits per heavy atom. The van der Waals surface area contributed by atoms with Crippen LogP contribution >= 0.6 is 0 Å². The largest absolute Gasteiger partial charge is 0.479 e. The summed E-state index contributed by atoms with van der Waals surface area (Å²) in [7, 11) is 0. The summed E-state index contributed by atoms with van der Waals surface area (Å²) in [4.78, 5) is 12.4. The number of hydrogen-bond donors (Lipinski definition) is 1. The van der Waals surface area contributed by atoms with Crippen LogP contribution in [0.4, 0.5) is 0 Å². The summed E-state index contributed by atoms with van der Waals surface area (Å²) in [6.07, 6.45) is -0.787. The molecule has 0 aliphatic carbocycles. The Hall–Kier alpha value is -1.12. The first-order chi connectivity index (χ1) is 6.15. The molecule has 0 amide bonds.